The van der Waals surface area contributed by atoms with Gasteiger partial charge in [0.1, 0.15) is 5.76 Å². The number of halogens is 1. The first-order chi connectivity index (χ1) is 7.26. The monoisotopic (exact) mass is 273 g/mol. The van der Waals surface area contributed by atoms with Gasteiger partial charge < -0.3 is 14.8 Å². The lowest BCUT2D eigenvalue weighted by Gasteiger charge is -2.12. The van der Waals surface area contributed by atoms with Crippen LogP contribution in [0.2, 0.25) is 0 Å². The van der Waals surface area contributed by atoms with Crippen molar-refractivity contribution in [3.63, 3.8) is 0 Å². The zero-order valence-electron chi connectivity index (χ0n) is 8.74. The first kappa shape index (κ1) is 12.5. The van der Waals surface area contributed by atoms with E-state index in [0.717, 1.165) is 16.9 Å². The van der Waals surface area contributed by atoms with Crippen LogP contribution in [0, 0.1) is 0 Å². The summed E-state index contributed by atoms with van der Waals surface area (Å²) in [5.74, 6) is 0.862. The highest BCUT2D eigenvalue weighted by atomic mass is 79.9. The molecule has 1 atom stereocenters. The van der Waals surface area contributed by atoms with Crippen LogP contribution in [0.3, 0.4) is 0 Å². The number of aliphatic hydroxyl groups excluding tert-OH is 1. The summed E-state index contributed by atoms with van der Waals surface area (Å²) in [5.41, 5.74) is 0. The Morgan fingerprint density at radius 1 is 1.60 bits per heavy atom. The first-order valence-corrected chi connectivity index (χ1v) is 5.75. The largest absolute Gasteiger partial charge is 0.453 e. The van der Waals surface area contributed by atoms with Crippen LogP contribution in [0.4, 0.5) is 0 Å². The Bertz CT molecular complexity index is 309. The predicted octanol–water partition coefficient (Wildman–Crippen LogP) is 2.46. The molecule has 1 unspecified atom stereocenters. The van der Waals surface area contributed by atoms with Crippen molar-refractivity contribution in [3.05, 3.63) is 34.7 Å². The average Bonchev–Trinajstić information content (AvgIpc) is 2.65. The lowest BCUT2D eigenvalue weighted by molar-refractivity contribution is 0.239. The summed E-state index contributed by atoms with van der Waals surface area (Å²) in [6.45, 7) is 2.73. The molecule has 0 saturated heterocycles. The van der Waals surface area contributed by atoms with Crippen LogP contribution in [-0.4, -0.2) is 17.8 Å². The molecule has 0 aliphatic carbocycles. The SMILES string of the molecule is CC=CCC(CO)NCc1ccc(Br)o1. The van der Waals surface area contributed by atoms with E-state index in [1.807, 2.05) is 31.2 Å². The van der Waals surface area contributed by atoms with Gasteiger partial charge in [0.15, 0.2) is 4.67 Å². The number of hydrogen-bond acceptors (Lipinski definition) is 3. The number of furan rings is 1. The standard InChI is InChI=1S/C11H16BrNO2/c1-2-3-4-9(8-14)13-7-10-5-6-11(12)15-10/h2-3,5-6,9,13-14H,4,7-8H2,1H3. The molecule has 0 bridgehead atoms. The molecule has 1 aromatic heterocycles. The van der Waals surface area contributed by atoms with Crippen LogP contribution in [-0.2, 0) is 6.54 Å². The van der Waals surface area contributed by atoms with Crippen LogP contribution in [0.15, 0.2) is 33.4 Å². The normalized spacial score (nSPS) is 13.5. The summed E-state index contributed by atoms with van der Waals surface area (Å²) >= 11 is 3.24. The van der Waals surface area contributed by atoms with Gasteiger partial charge in [-0.2, -0.15) is 0 Å². The van der Waals surface area contributed by atoms with E-state index >= 15 is 0 Å². The van der Waals surface area contributed by atoms with Crippen molar-refractivity contribution in [2.75, 3.05) is 6.61 Å². The number of allylic oxidation sites excluding steroid dienone is 1. The molecule has 0 amide bonds. The van der Waals surface area contributed by atoms with Crippen molar-refractivity contribution < 1.29 is 9.52 Å². The molecular formula is C11H16BrNO2. The third-order valence-corrected chi connectivity index (χ3v) is 2.50. The molecule has 0 saturated carbocycles. The predicted molar refractivity (Wildman–Crippen MR) is 63.6 cm³/mol. The van der Waals surface area contributed by atoms with Gasteiger partial charge in [0, 0.05) is 6.04 Å². The minimum atomic E-state index is 0.0880. The maximum atomic E-state index is 9.10. The van der Waals surface area contributed by atoms with Gasteiger partial charge in [-0.05, 0) is 41.4 Å². The minimum Gasteiger partial charge on any atom is -0.453 e. The molecule has 0 radical (unpaired) electrons. The van der Waals surface area contributed by atoms with Gasteiger partial charge in [0.25, 0.3) is 0 Å². The summed E-state index contributed by atoms with van der Waals surface area (Å²) < 4.78 is 6.07. The van der Waals surface area contributed by atoms with E-state index < -0.39 is 0 Å². The summed E-state index contributed by atoms with van der Waals surface area (Å²) in [6, 6.07) is 3.85. The molecule has 0 aliphatic heterocycles. The van der Waals surface area contributed by atoms with Gasteiger partial charge in [-0.3, -0.25) is 0 Å². The highest BCUT2D eigenvalue weighted by Crippen LogP contribution is 2.13. The van der Waals surface area contributed by atoms with E-state index in [-0.39, 0.29) is 12.6 Å². The lowest BCUT2D eigenvalue weighted by Crippen LogP contribution is -2.31. The Morgan fingerprint density at radius 3 is 2.93 bits per heavy atom. The molecule has 1 aromatic rings. The summed E-state index contributed by atoms with van der Waals surface area (Å²) in [5, 5.41) is 12.3. The summed E-state index contributed by atoms with van der Waals surface area (Å²) in [6.07, 6.45) is 4.84. The maximum absolute atomic E-state index is 9.10. The Hall–Kier alpha value is -0.580. The third kappa shape index (κ3) is 4.64. The zero-order valence-corrected chi connectivity index (χ0v) is 10.3. The van der Waals surface area contributed by atoms with E-state index in [1.165, 1.54) is 0 Å². The molecule has 0 fully saturated rings. The van der Waals surface area contributed by atoms with Crippen LogP contribution < -0.4 is 5.32 Å². The molecule has 15 heavy (non-hydrogen) atoms. The second kappa shape index (κ2) is 6.82. The van der Waals surface area contributed by atoms with Crippen LogP contribution >= 0.6 is 15.9 Å². The van der Waals surface area contributed by atoms with Crippen LogP contribution in [0.1, 0.15) is 19.1 Å². The van der Waals surface area contributed by atoms with Gasteiger partial charge in [-0.1, -0.05) is 12.2 Å². The van der Waals surface area contributed by atoms with Crippen molar-refractivity contribution in [3.8, 4) is 0 Å². The molecule has 0 aliphatic rings. The fourth-order valence-corrected chi connectivity index (χ4v) is 1.55. The van der Waals surface area contributed by atoms with Gasteiger partial charge in [-0.25, -0.2) is 0 Å². The number of aliphatic hydroxyl groups is 1. The van der Waals surface area contributed by atoms with E-state index in [2.05, 4.69) is 21.2 Å². The Labute approximate surface area is 98.3 Å². The van der Waals surface area contributed by atoms with Gasteiger partial charge in [0.2, 0.25) is 0 Å². The molecule has 4 heteroatoms. The minimum absolute atomic E-state index is 0.0880. The summed E-state index contributed by atoms with van der Waals surface area (Å²) in [7, 11) is 0. The third-order valence-electron chi connectivity index (χ3n) is 2.07. The molecule has 0 aromatic carbocycles. The second-order valence-electron chi connectivity index (χ2n) is 3.27. The lowest BCUT2D eigenvalue weighted by atomic mass is 10.2. The van der Waals surface area contributed by atoms with E-state index in [1.54, 1.807) is 0 Å². The average molecular weight is 274 g/mol. The van der Waals surface area contributed by atoms with Crippen LogP contribution in [0.5, 0.6) is 0 Å². The smallest absolute Gasteiger partial charge is 0.169 e. The molecule has 2 N–H and O–H groups in total. The molecule has 1 rings (SSSR count). The van der Waals surface area contributed by atoms with Crippen LogP contribution in [0.25, 0.3) is 0 Å². The molecule has 0 spiro atoms. The zero-order chi connectivity index (χ0) is 11.1. The quantitative estimate of drug-likeness (QED) is 0.783. The van der Waals surface area contributed by atoms with Crippen molar-refractivity contribution in [1.29, 1.82) is 0 Å². The van der Waals surface area contributed by atoms with Crippen molar-refractivity contribution in [2.24, 2.45) is 0 Å². The topological polar surface area (TPSA) is 45.4 Å². The fourth-order valence-electron chi connectivity index (χ4n) is 1.21. The summed E-state index contributed by atoms with van der Waals surface area (Å²) in [4.78, 5) is 0. The number of hydrogen-bond donors (Lipinski definition) is 2. The van der Waals surface area contributed by atoms with E-state index in [9.17, 15) is 0 Å². The van der Waals surface area contributed by atoms with Crippen molar-refractivity contribution >= 4 is 15.9 Å². The van der Waals surface area contributed by atoms with Gasteiger partial charge in [0.05, 0.1) is 13.2 Å². The highest BCUT2D eigenvalue weighted by Gasteiger charge is 2.06. The Kier molecular flexibility index (Phi) is 5.68. The van der Waals surface area contributed by atoms with Crippen molar-refractivity contribution in [1.82, 2.24) is 5.32 Å². The number of nitrogens with one attached hydrogen (secondary N) is 1. The van der Waals surface area contributed by atoms with Gasteiger partial charge >= 0.3 is 0 Å². The molecule has 3 nitrogen and oxygen atoms in total. The highest BCUT2D eigenvalue weighted by molar-refractivity contribution is 9.10. The van der Waals surface area contributed by atoms with Gasteiger partial charge in [-0.15, -0.1) is 0 Å². The van der Waals surface area contributed by atoms with E-state index in [4.69, 9.17) is 9.52 Å². The molecular weight excluding hydrogens is 258 g/mol. The maximum Gasteiger partial charge on any atom is 0.169 e. The first-order valence-electron chi connectivity index (χ1n) is 4.96. The van der Waals surface area contributed by atoms with E-state index in [0.29, 0.717) is 6.54 Å². The fraction of sp³-hybridized carbons (Fsp3) is 0.455. The second-order valence-corrected chi connectivity index (χ2v) is 4.05. The molecule has 1 heterocycles. The Morgan fingerprint density at radius 2 is 2.40 bits per heavy atom. The Balaban J connectivity index is 2.33. The molecule has 84 valence electrons. The van der Waals surface area contributed by atoms with Crippen molar-refractivity contribution in [2.45, 2.75) is 25.9 Å². The number of rotatable bonds is 6.